The summed E-state index contributed by atoms with van der Waals surface area (Å²) in [5.41, 5.74) is 1.88. The second-order valence-electron chi connectivity index (χ2n) is 5.22. The maximum Gasteiger partial charge on any atom is 0.276 e. The first kappa shape index (κ1) is 18.0. The minimum atomic E-state index is -0.148. The number of nitrogens with zero attached hydrogens (tertiary/aromatic N) is 3. The first-order valence-corrected chi connectivity index (χ1v) is 9.02. The molecule has 0 atom stereocenters. The number of benzene rings is 2. The Morgan fingerprint density at radius 1 is 1.23 bits per heavy atom. The van der Waals surface area contributed by atoms with Crippen LogP contribution in [0.1, 0.15) is 12.0 Å². The molecule has 0 saturated heterocycles. The number of nitriles is 1. The molecule has 26 heavy (non-hydrogen) atoms. The fourth-order valence-corrected chi connectivity index (χ4v) is 2.92. The smallest absolute Gasteiger partial charge is 0.276 e. The molecule has 3 rings (SSSR count). The fourth-order valence-electron chi connectivity index (χ4n) is 2.10. The monoisotopic (exact) mass is 384 g/mol. The molecule has 0 aliphatic carbocycles. The van der Waals surface area contributed by atoms with Gasteiger partial charge < -0.3 is 9.73 Å². The van der Waals surface area contributed by atoms with E-state index in [1.165, 1.54) is 11.8 Å². The molecule has 0 fully saturated rings. The van der Waals surface area contributed by atoms with Crippen LogP contribution in [0.3, 0.4) is 0 Å². The molecule has 0 unspecified atom stereocenters. The van der Waals surface area contributed by atoms with E-state index >= 15 is 0 Å². The van der Waals surface area contributed by atoms with Crippen LogP contribution in [-0.4, -0.2) is 21.9 Å². The van der Waals surface area contributed by atoms with Crippen molar-refractivity contribution in [1.82, 2.24) is 10.2 Å². The molecular weight excluding hydrogens is 372 g/mol. The molecule has 0 bridgehead atoms. The summed E-state index contributed by atoms with van der Waals surface area (Å²) in [7, 11) is 0. The van der Waals surface area contributed by atoms with Crippen LogP contribution in [0.4, 0.5) is 5.69 Å². The summed E-state index contributed by atoms with van der Waals surface area (Å²) in [6.45, 7) is 0. The third kappa shape index (κ3) is 4.85. The zero-order valence-electron chi connectivity index (χ0n) is 13.5. The minimum Gasteiger partial charge on any atom is -0.411 e. The van der Waals surface area contributed by atoms with Gasteiger partial charge in [0.2, 0.25) is 11.8 Å². The van der Waals surface area contributed by atoms with E-state index in [1.54, 1.807) is 48.5 Å². The van der Waals surface area contributed by atoms with Crippen molar-refractivity contribution in [3.8, 4) is 17.5 Å². The summed E-state index contributed by atoms with van der Waals surface area (Å²) >= 11 is 7.16. The number of carbonyl (C=O) groups is 1. The third-order valence-corrected chi connectivity index (χ3v) is 4.40. The van der Waals surface area contributed by atoms with E-state index in [4.69, 9.17) is 21.3 Å². The molecule has 1 heterocycles. The summed E-state index contributed by atoms with van der Waals surface area (Å²) < 4.78 is 5.57. The average Bonchev–Trinajstić information content (AvgIpc) is 3.11. The first-order chi connectivity index (χ1) is 12.6. The van der Waals surface area contributed by atoms with Gasteiger partial charge in [-0.2, -0.15) is 5.26 Å². The molecule has 0 aliphatic rings. The maximum atomic E-state index is 12.0. The highest BCUT2D eigenvalue weighted by Crippen LogP contribution is 2.24. The molecule has 1 aromatic heterocycles. The molecule has 8 heteroatoms. The van der Waals surface area contributed by atoms with Gasteiger partial charge in [0.25, 0.3) is 5.22 Å². The number of anilines is 1. The average molecular weight is 385 g/mol. The largest absolute Gasteiger partial charge is 0.411 e. The Kier molecular flexibility index (Phi) is 5.89. The number of rotatable bonds is 6. The Balaban J connectivity index is 1.49. The van der Waals surface area contributed by atoms with E-state index in [2.05, 4.69) is 15.5 Å². The van der Waals surface area contributed by atoms with Crippen molar-refractivity contribution in [2.75, 3.05) is 11.1 Å². The van der Waals surface area contributed by atoms with Gasteiger partial charge in [0, 0.05) is 28.4 Å². The van der Waals surface area contributed by atoms with Gasteiger partial charge in [0.15, 0.2) is 0 Å². The number of halogens is 1. The van der Waals surface area contributed by atoms with Crippen LogP contribution in [0.25, 0.3) is 11.5 Å². The fraction of sp³-hybridized carbons (Fsp3) is 0.111. The number of thioether (sulfide) groups is 1. The number of aromatic nitrogens is 2. The molecule has 1 N–H and O–H groups in total. The zero-order chi connectivity index (χ0) is 18.4. The van der Waals surface area contributed by atoms with Crippen molar-refractivity contribution in [3.63, 3.8) is 0 Å². The lowest BCUT2D eigenvalue weighted by atomic mass is 10.2. The highest BCUT2D eigenvalue weighted by atomic mass is 35.5. The van der Waals surface area contributed by atoms with E-state index < -0.39 is 0 Å². The molecule has 0 saturated carbocycles. The van der Waals surface area contributed by atoms with Crippen molar-refractivity contribution in [2.45, 2.75) is 11.6 Å². The van der Waals surface area contributed by atoms with Gasteiger partial charge in [-0.25, -0.2) is 0 Å². The number of nitrogens with one attached hydrogen (secondary N) is 1. The van der Waals surface area contributed by atoms with Gasteiger partial charge in [-0.1, -0.05) is 29.4 Å². The van der Waals surface area contributed by atoms with E-state index in [0.29, 0.717) is 33.1 Å². The van der Waals surface area contributed by atoms with E-state index in [9.17, 15) is 4.79 Å². The summed E-state index contributed by atoms with van der Waals surface area (Å²) in [4.78, 5) is 12.0. The van der Waals surface area contributed by atoms with E-state index in [-0.39, 0.29) is 12.3 Å². The molecule has 0 aliphatic heterocycles. The highest BCUT2D eigenvalue weighted by Gasteiger charge is 2.10. The lowest BCUT2D eigenvalue weighted by Crippen LogP contribution is -2.12. The Morgan fingerprint density at radius 3 is 2.81 bits per heavy atom. The van der Waals surface area contributed by atoms with Gasteiger partial charge in [-0.3, -0.25) is 4.79 Å². The van der Waals surface area contributed by atoms with Crippen molar-refractivity contribution in [1.29, 1.82) is 5.26 Å². The minimum absolute atomic E-state index is 0.148. The predicted molar refractivity (Wildman–Crippen MR) is 99.9 cm³/mol. The molecule has 0 spiro atoms. The number of amides is 1. The van der Waals surface area contributed by atoms with Crippen LogP contribution in [0.2, 0.25) is 5.02 Å². The van der Waals surface area contributed by atoms with Crippen LogP contribution >= 0.6 is 23.4 Å². The van der Waals surface area contributed by atoms with Gasteiger partial charge >= 0.3 is 0 Å². The topological polar surface area (TPSA) is 91.8 Å². The second-order valence-corrected chi connectivity index (χ2v) is 6.70. The molecule has 3 aromatic rings. The van der Waals surface area contributed by atoms with Crippen LogP contribution in [-0.2, 0) is 4.79 Å². The standard InChI is InChI=1S/C18H13ClN4O2S/c19-14-6-4-13(5-7-14)17-22-23-18(25-17)26-9-8-16(24)21-15-3-1-2-12(10-15)11-20/h1-7,10H,8-9H2,(H,21,24). The Labute approximate surface area is 159 Å². The molecule has 2 aromatic carbocycles. The van der Waals surface area contributed by atoms with Crippen molar-refractivity contribution < 1.29 is 9.21 Å². The molecule has 130 valence electrons. The van der Waals surface area contributed by atoms with Crippen LogP contribution in [0.5, 0.6) is 0 Å². The van der Waals surface area contributed by atoms with E-state index in [1.807, 2.05) is 6.07 Å². The highest BCUT2D eigenvalue weighted by molar-refractivity contribution is 7.99. The Morgan fingerprint density at radius 2 is 2.04 bits per heavy atom. The Bertz CT molecular complexity index is 950. The summed E-state index contributed by atoms with van der Waals surface area (Å²) in [6, 6.07) is 15.9. The van der Waals surface area contributed by atoms with Crippen LogP contribution in [0.15, 0.2) is 58.2 Å². The lowest BCUT2D eigenvalue weighted by molar-refractivity contribution is -0.115. The quantitative estimate of drug-likeness (QED) is 0.634. The first-order valence-electron chi connectivity index (χ1n) is 7.66. The third-order valence-electron chi connectivity index (χ3n) is 3.33. The Hall–Kier alpha value is -2.82. The summed E-state index contributed by atoms with van der Waals surface area (Å²) in [6.07, 6.45) is 0.278. The molecule has 6 nitrogen and oxygen atoms in total. The van der Waals surface area contributed by atoms with Gasteiger partial charge in [-0.15, -0.1) is 10.2 Å². The number of hydrogen-bond donors (Lipinski definition) is 1. The van der Waals surface area contributed by atoms with Gasteiger partial charge in [0.05, 0.1) is 11.6 Å². The normalized spacial score (nSPS) is 10.3. The zero-order valence-corrected chi connectivity index (χ0v) is 15.0. The van der Waals surface area contributed by atoms with Crippen LogP contribution in [0, 0.1) is 11.3 Å². The van der Waals surface area contributed by atoms with Gasteiger partial charge in [-0.05, 0) is 42.5 Å². The van der Waals surface area contributed by atoms with Crippen molar-refractivity contribution >= 4 is 35.0 Å². The van der Waals surface area contributed by atoms with Crippen molar-refractivity contribution in [3.05, 3.63) is 59.1 Å². The number of carbonyl (C=O) groups excluding carboxylic acids is 1. The van der Waals surface area contributed by atoms with Gasteiger partial charge in [0.1, 0.15) is 0 Å². The molecule has 1 amide bonds. The SMILES string of the molecule is N#Cc1cccc(NC(=O)CCSc2nnc(-c3ccc(Cl)cc3)o2)c1. The molecule has 0 radical (unpaired) electrons. The van der Waals surface area contributed by atoms with E-state index in [0.717, 1.165) is 5.56 Å². The predicted octanol–water partition coefficient (Wildman–Crippen LogP) is 4.38. The lowest BCUT2D eigenvalue weighted by Gasteiger charge is -2.04. The summed E-state index contributed by atoms with van der Waals surface area (Å²) in [5.74, 6) is 0.749. The number of hydrogen-bond acceptors (Lipinski definition) is 6. The molecular formula is C18H13ClN4O2S. The second kappa shape index (κ2) is 8.52. The summed E-state index contributed by atoms with van der Waals surface area (Å²) in [5, 5.41) is 20.6. The maximum absolute atomic E-state index is 12.0. The van der Waals surface area contributed by atoms with Crippen molar-refractivity contribution in [2.24, 2.45) is 0 Å². The van der Waals surface area contributed by atoms with Crippen LogP contribution < -0.4 is 5.32 Å².